The first-order valence-corrected chi connectivity index (χ1v) is 4.90. The number of halogens is 1. The van der Waals surface area contributed by atoms with Crippen molar-refractivity contribution in [1.29, 1.82) is 0 Å². The van der Waals surface area contributed by atoms with Crippen LogP contribution in [0.1, 0.15) is 31.2 Å². The number of aliphatic hydroxyl groups is 1. The summed E-state index contributed by atoms with van der Waals surface area (Å²) >= 11 is 0. The maximum atomic E-state index is 13.0. The van der Waals surface area contributed by atoms with Gasteiger partial charge >= 0.3 is 0 Å². The van der Waals surface area contributed by atoms with Gasteiger partial charge in [-0.3, -0.25) is 4.40 Å². The van der Waals surface area contributed by atoms with Crippen molar-refractivity contribution in [3.63, 3.8) is 0 Å². The third-order valence-corrected chi connectivity index (χ3v) is 2.41. The lowest BCUT2D eigenvalue weighted by Gasteiger charge is -2.03. The molecule has 0 bridgehead atoms. The number of hydrogen-bond donors (Lipinski definition) is 1. The van der Waals surface area contributed by atoms with Gasteiger partial charge in [0.05, 0.1) is 18.0 Å². The van der Waals surface area contributed by atoms with E-state index in [4.69, 9.17) is 0 Å². The fourth-order valence-electron chi connectivity index (χ4n) is 1.71. The Morgan fingerprint density at radius 3 is 2.80 bits per heavy atom. The molecule has 80 valence electrons. The van der Waals surface area contributed by atoms with E-state index in [1.165, 1.54) is 12.3 Å². The number of pyridine rings is 1. The summed E-state index contributed by atoms with van der Waals surface area (Å²) in [6.07, 6.45) is 1.35. The van der Waals surface area contributed by atoms with E-state index >= 15 is 0 Å². The Balaban J connectivity index is 2.74. The molecule has 0 radical (unpaired) electrons. The first-order valence-electron chi connectivity index (χ1n) is 4.90. The molecule has 0 unspecified atom stereocenters. The van der Waals surface area contributed by atoms with Gasteiger partial charge in [-0.1, -0.05) is 13.8 Å². The molecule has 0 saturated carbocycles. The number of rotatable bonds is 2. The van der Waals surface area contributed by atoms with Crippen LogP contribution in [0.15, 0.2) is 18.3 Å². The summed E-state index contributed by atoms with van der Waals surface area (Å²) < 4.78 is 14.6. The van der Waals surface area contributed by atoms with E-state index in [1.54, 1.807) is 10.5 Å². The van der Waals surface area contributed by atoms with Crippen LogP contribution < -0.4 is 0 Å². The number of nitrogens with zero attached hydrogens (tertiary/aromatic N) is 2. The van der Waals surface area contributed by atoms with Gasteiger partial charge < -0.3 is 5.11 Å². The average Bonchev–Trinajstić information content (AvgIpc) is 2.55. The van der Waals surface area contributed by atoms with E-state index in [0.29, 0.717) is 11.3 Å². The number of hydrogen-bond acceptors (Lipinski definition) is 2. The van der Waals surface area contributed by atoms with Crippen LogP contribution >= 0.6 is 0 Å². The van der Waals surface area contributed by atoms with Crippen molar-refractivity contribution in [1.82, 2.24) is 9.38 Å². The van der Waals surface area contributed by atoms with Crippen molar-refractivity contribution in [3.05, 3.63) is 35.5 Å². The molecule has 0 spiro atoms. The highest BCUT2D eigenvalue weighted by molar-refractivity contribution is 5.44. The molecule has 0 aliphatic rings. The van der Waals surface area contributed by atoms with E-state index in [0.717, 1.165) is 5.69 Å². The minimum Gasteiger partial charge on any atom is -0.390 e. The van der Waals surface area contributed by atoms with Crippen molar-refractivity contribution < 1.29 is 9.50 Å². The zero-order valence-corrected chi connectivity index (χ0v) is 8.74. The van der Waals surface area contributed by atoms with Crippen LogP contribution in [0, 0.1) is 5.82 Å². The highest BCUT2D eigenvalue weighted by atomic mass is 19.1. The van der Waals surface area contributed by atoms with Gasteiger partial charge in [0.25, 0.3) is 0 Å². The number of aromatic nitrogens is 2. The number of aliphatic hydroxyl groups excluding tert-OH is 1. The molecule has 4 heteroatoms. The smallest absolute Gasteiger partial charge is 0.139 e. The Morgan fingerprint density at radius 1 is 1.47 bits per heavy atom. The molecule has 0 aromatic carbocycles. The molecule has 2 aromatic rings. The summed E-state index contributed by atoms with van der Waals surface area (Å²) in [4.78, 5) is 4.36. The summed E-state index contributed by atoms with van der Waals surface area (Å²) in [5.41, 5.74) is 2.16. The Labute approximate surface area is 87.2 Å². The molecule has 0 atom stereocenters. The van der Waals surface area contributed by atoms with E-state index < -0.39 is 0 Å². The third-order valence-electron chi connectivity index (χ3n) is 2.41. The van der Waals surface area contributed by atoms with Crippen molar-refractivity contribution in [2.75, 3.05) is 0 Å². The highest BCUT2D eigenvalue weighted by Gasteiger charge is 2.14. The standard InChI is InChI=1S/C11H13FN2O/c1-7(2)11-9(6-15)14-5-8(12)3-4-10(14)13-11/h3-5,7,15H,6H2,1-2H3. The Hall–Kier alpha value is -1.42. The van der Waals surface area contributed by atoms with Crippen LogP contribution in [0.25, 0.3) is 5.65 Å². The fourth-order valence-corrected chi connectivity index (χ4v) is 1.71. The van der Waals surface area contributed by atoms with E-state index in [-0.39, 0.29) is 18.3 Å². The van der Waals surface area contributed by atoms with Crippen molar-refractivity contribution in [2.45, 2.75) is 26.4 Å². The number of fused-ring (bicyclic) bond motifs is 1. The highest BCUT2D eigenvalue weighted by Crippen LogP contribution is 2.20. The molecular weight excluding hydrogens is 195 g/mol. The third kappa shape index (κ3) is 1.61. The van der Waals surface area contributed by atoms with Gasteiger partial charge in [0.1, 0.15) is 11.5 Å². The van der Waals surface area contributed by atoms with Gasteiger partial charge in [-0.25, -0.2) is 9.37 Å². The Morgan fingerprint density at radius 2 is 2.20 bits per heavy atom. The summed E-state index contributed by atoms with van der Waals surface area (Å²) in [6, 6.07) is 2.98. The van der Waals surface area contributed by atoms with Crippen LogP contribution in [0.5, 0.6) is 0 Å². The molecule has 0 fully saturated rings. The molecule has 1 N–H and O–H groups in total. The normalized spacial score (nSPS) is 11.5. The van der Waals surface area contributed by atoms with Gasteiger partial charge in [-0.2, -0.15) is 0 Å². The number of imidazole rings is 1. The fraction of sp³-hybridized carbons (Fsp3) is 0.364. The SMILES string of the molecule is CC(C)c1nc2ccc(F)cn2c1CO. The van der Waals surface area contributed by atoms with E-state index in [2.05, 4.69) is 4.98 Å². The minimum absolute atomic E-state index is 0.127. The van der Waals surface area contributed by atoms with Crippen molar-refractivity contribution >= 4 is 5.65 Å². The Kier molecular flexibility index (Phi) is 2.44. The zero-order chi connectivity index (χ0) is 11.0. The van der Waals surface area contributed by atoms with Gasteiger partial charge in [0, 0.05) is 6.20 Å². The molecule has 2 heterocycles. The second kappa shape index (κ2) is 3.62. The molecule has 2 aromatic heterocycles. The predicted molar refractivity (Wildman–Crippen MR) is 55.2 cm³/mol. The molecule has 3 nitrogen and oxygen atoms in total. The molecule has 15 heavy (non-hydrogen) atoms. The maximum Gasteiger partial charge on any atom is 0.139 e. The predicted octanol–water partition coefficient (Wildman–Crippen LogP) is 2.09. The second-order valence-electron chi connectivity index (χ2n) is 3.83. The van der Waals surface area contributed by atoms with Gasteiger partial charge in [-0.05, 0) is 18.1 Å². The van der Waals surface area contributed by atoms with Crippen LogP contribution in [0.3, 0.4) is 0 Å². The summed E-state index contributed by atoms with van der Waals surface area (Å²) in [7, 11) is 0. The van der Waals surface area contributed by atoms with Gasteiger partial charge in [0.2, 0.25) is 0 Å². The summed E-state index contributed by atoms with van der Waals surface area (Å²) in [5.74, 6) is -0.111. The van der Waals surface area contributed by atoms with Crippen LogP contribution in [-0.2, 0) is 6.61 Å². The molecule has 0 saturated heterocycles. The van der Waals surface area contributed by atoms with E-state index in [1.807, 2.05) is 13.8 Å². The van der Waals surface area contributed by atoms with Crippen LogP contribution in [0.4, 0.5) is 4.39 Å². The minimum atomic E-state index is -0.329. The Bertz CT molecular complexity index is 491. The van der Waals surface area contributed by atoms with Gasteiger partial charge in [-0.15, -0.1) is 0 Å². The summed E-state index contributed by atoms with van der Waals surface area (Å²) in [5, 5.41) is 9.26. The van der Waals surface area contributed by atoms with Crippen molar-refractivity contribution in [3.8, 4) is 0 Å². The molecular formula is C11H13FN2O. The lowest BCUT2D eigenvalue weighted by Crippen LogP contribution is -1.98. The topological polar surface area (TPSA) is 37.5 Å². The monoisotopic (exact) mass is 208 g/mol. The summed E-state index contributed by atoms with van der Waals surface area (Å²) in [6.45, 7) is 3.87. The lowest BCUT2D eigenvalue weighted by molar-refractivity contribution is 0.273. The average molecular weight is 208 g/mol. The largest absolute Gasteiger partial charge is 0.390 e. The van der Waals surface area contributed by atoms with E-state index in [9.17, 15) is 9.50 Å². The maximum absolute atomic E-state index is 13.0. The van der Waals surface area contributed by atoms with Gasteiger partial charge in [0.15, 0.2) is 0 Å². The molecule has 0 aliphatic carbocycles. The first kappa shape index (κ1) is 10.1. The molecule has 0 aliphatic heterocycles. The lowest BCUT2D eigenvalue weighted by atomic mass is 10.1. The zero-order valence-electron chi connectivity index (χ0n) is 8.74. The van der Waals surface area contributed by atoms with Crippen LogP contribution in [0.2, 0.25) is 0 Å². The molecule has 0 amide bonds. The van der Waals surface area contributed by atoms with Crippen LogP contribution in [-0.4, -0.2) is 14.5 Å². The van der Waals surface area contributed by atoms with Crippen molar-refractivity contribution in [2.24, 2.45) is 0 Å². The molecule has 2 rings (SSSR count). The first-order chi connectivity index (χ1) is 7.13. The second-order valence-corrected chi connectivity index (χ2v) is 3.83. The quantitative estimate of drug-likeness (QED) is 0.820.